The lowest BCUT2D eigenvalue weighted by atomic mass is 9.86. The number of nitrogens with two attached hydrogens (primary N) is 1. The predicted molar refractivity (Wildman–Crippen MR) is 88.5 cm³/mol. The summed E-state index contributed by atoms with van der Waals surface area (Å²) in [6.45, 7) is 10.6. The van der Waals surface area contributed by atoms with Crippen molar-refractivity contribution in [3.63, 3.8) is 0 Å². The molecule has 1 heterocycles. The Morgan fingerprint density at radius 3 is 2.67 bits per heavy atom. The van der Waals surface area contributed by atoms with Gasteiger partial charge in [-0.2, -0.15) is 0 Å². The zero-order valence-corrected chi connectivity index (χ0v) is 13.7. The molecular weight excluding hydrogens is 260 g/mol. The maximum absolute atomic E-state index is 5.92. The Bertz CT molecular complexity index is 418. The predicted octanol–water partition coefficient (Wildman–Crippen LogP) is 3.45. The molecule has 3 nitrogen and oxygen atoms in total. The third-order valence-electron chi connectivity index (χ3n) is 4.83. The van der Waals surface area contributed by atoms with E-state index in [1.165, 1.54) is 18.5 Å². The lowest BCUT2D eigenvalue weighted by Crippen LogP contribution is -2.43. The van der Waals surface area contributed by atoms with Crippen molar-refractivity contribution in [1.29, 1.82) is 0 Å². The fourth-order valence-corrected chi connectivity index (χ4v) is 3.11. The summed E-state index contributed by atoms with van der Waals surface area (Å²) in [5.41, 5.74) is 7.28. The lowest BCUT2D eigenvalue weighted by Gasteiger charge is -2.40. The normalized spacial score (nSPS) is 24.8. The van der Waals surface area contributed by atoms with Crippen LogP contribution in [0, 0.1) is 11.8 Å². The molecule has 2 N–H and O–H groups in total. The van der Waals surface area contributed by atoms with Gasteiger partial charge in [-0.3, -0.25) is 4.90 Å². The molecule has 0 radical (unpaired) electrons. The van der Waals surface area contributed by atoms with Gasteiger partial charge in [-0.25, -0.2) is 0 Å². The van der Waals surface area contributed by atoms with E-state index in [0.29, 0.717) is 12.0 Å². The first-order valence-corrected chi connectivity index (χ1v) is 8.32. The van der Waals surface area contributed by atoms with E-state index in [2.05, 4.69) is 49.9 Å². The van der Waals surface area contributed by atoms with E-state index in [4.69, 9.17) is 10.5 Å². The largest absolute Gasteiger partial charge is 0.494 e. The Morgan fingerprint density at radius 2 is 2.05 bits per heavy atom. The zero-order valence-electron chi connectivity index (χ0n) is 13.7. The quantitative estimate of drug-likeness (QED) is 0.872. The van der Waals surface area contributed by atoms with E-state index >= 15 is 0 Å². The number of nitrogens with zero attached hydrogens (tertiary/aromatic N) is 1. The van der Waals surface area contributed by atoms with Crippen LogP contribution >= 0.6 is 0 Å². The second-order valence-electron chi connectivity index (χ2n) is 6.35. The van der Waals surface area contributed by atoms with Gasteiger partial charge in [0, 0.05) is 12.6 Å². The van der Waals surface area contributed by atoms with Gasteiger partial charge < -0.3 is 10.5 Å². The lowest BCUT2D eigenvalue weighted by molar-refractivity contribution is 0.0978. The molecule has 1 aromatic carbocycles. The number of ether oxygens (including phenoxy) is 1. The van der Waals surface area contributed by atoms with Crippen molar-refractivity contribution in [3.8, 4) is 5.75 Å². The molecule has 1 saturated heterocycles. The van der Waals surface area contributed by atoms with Crippen LogP contribution in [0.4, 0.5) is 0 Å². The van der Waals surface area contributed by atoms with E-state index in [0.717, 1.165) is 37.8 Å². The first-order valence-electron chi connectivity index (χ1n) is 8.32. The summed E-state index contributed by atoms with van der Waals surface area (Å²) < 4.78 is 5.65. The molecule has 0 bridgehead atoms. The summed E-state index contributed by atoms with van der Waals surface area (Å²) in [6.07, 6.45) is 2.30. The summed E-state index contributed by atoms with van der Waals surface area (Å²) in [4.78, 5) is 2.57. The number of rotatable bonds is 6. The number of hydrogen-bond acceptors (Lipinski definition) is 3. The maximum atomic E-state index is 5.92. The van der Waals surface area contributed by atoms with E-state index in [-0.39, 0.29) is 0 Å². The summed E-state index contributed by atoms with van der Waals surface area (Å²) in [6, 6.07) is 9.03. The number of hydrogen-bond donors (Lipinski definition) is 1. The van der Waals surface area contributed by atoms with Crippen molar-refractivity contribution in [2.75, 3.05) is 26.2 Å². The molecule has 3 unspecified atom stereocenters. The van der Waals surface area contributed by atoms with Gasteiger partial charge in [-0.15, -0.1) is 0 Å². The van der Waals surface area contributed by atoms with E-state index in [1.54, 1.807) is 0 Å². The van der Waals surface area contributed by atoms with Crippen LogP contribution in [-0.2, 0) is 0 Å². The molecule has 0 amide bonds. The van der Waals surface area contributed by atoms with Crippen molar-refractivity contribution < 1.29 is 4.74 Å². The Hall–Kier alpha value is -1.06. The van der Waals surface area contributed by atoms with Gasteiger partial charge in [0.25, 0.3) is 0 Å². The molecule has 0 saturated carbocycles. The van der Waals surface area contributed by atoms with Gasteiger partial charge in [-0.05, 0) is 62.4 Å². The minimum Gasteiger partial charge on any atom is -0.494 e. The zero-order chi connectivity index (χ0) is 15.2. The standard InChI is InChI=1S/C18H30N2O/c1-4-11-21-18-7-5-16(6-8-18)15(3)20-10-9-14(2)17(12-19)13-20/h5-8,14-15,17H,4,9-13,19H2,1-3H3. The molecule has 1 aromatic rings. The van der Waals surface area contributed by atoms with Crippen molar-refractivity contribution >= 4 is 0 Å². The third kappa shape index (κ3) is 4.21. The van der Waals surface area contributed by atoms with Gasteiger partial charge in [0.1, 0.15) is 5.75 Å². The van der Waals surface area contributed by atoms with Crippen LogP contribution in [0.3, 0.4) is 0 Å². The molecule has 118 valence electrons. The summed E-state index contributed by atoms with van der Waals surface area (Å²) in [5.74, 6) is 2.36. The van der Waals surface area contributed by atoms with Gasteiger partial charge in [0.2, 0.25) is 0 Å². The van der Waals surface area contributed by atoms with Crippen molar-refractivity contribution in [2.24, 2.45) is 17.6 Å². The molecule has 0 aromatic heterocycles. The molecule has 21 heavy (non-hydrogen) atoms. The van der Waals surface area contributed by atoms with Crippen LogP contribution in [0.15, 0.2) is 24.3 Å². The average molecular weight is 290 g/mol. The van der Waals surface area contributed by atoms with Crippen molar-refractivity contribution in [1.82, 2.24) is 4.90 Å². The molecular formula is C18H30N2O. The van der Waals surface area contributed by atoms with Gasteiger partial charge in [0.15, 0.2) is 0 Å². The summed E-state index contributed by atoms with van der Waals surface area (Å²) in [5, 5.41) is 0. The van der Waals surface area contributed by atoms with Crippen LogP contribution in [0.2, 0.25) is 0 Å². The highest BCUT2D eigenvalue weighted by atomic mass is 16.5. The highest BCUT2D eigenvalue weighted by Gasteiger charge is 2.28. The first-order chi connectivity index (χ1) is 10.2. The number of piperidine rings is 1. The first kappa shape index (κ1) is 16.3. The Morgan fingerprint density at radius 1 is 1.33 bits per heavy atom. The van der Waals surface area contributed by atoms with Crippen LogP contribution < -0.4 is 10.5 Å². The van der Waals surface area contributed by atoms with E-state index in [1.807, 2.05) is 0 Å². The van der Waals surface area contributed by atoms with Gasteiger partial charge in [-0.1, -0.05) is 26.0 Å². The second kappa shape index (κ2) is 7.81. The topological polar surface area (TPSA) is 38.5 Å². The second-order valence-corrected chi connectivity index (χ2v) is 6.35. The fourth-order valence-electron chi connectivity index (χ4n) is 3.11. The molecule has 3 heteroatoms. The van der Waals surface area contributed by atoms with Gasteiger partial charge in [0.05, 0.1) is 6.61 Å². The molecule has 1 fully saturated rings. The smallest absolute Gasteiger partial charge is 0.119 e. The van der Waals surface area contributed by atoms with Crippen LogP contribution in [0.1, 0.15) is 45.2 Å². The molecule has 3 atom stereocenters. The highest BCUT2D eigenvalue weighted by Crippen LogP contribution is 2.30. The Balaban J connectivity index is 1.97. The van der Waals surface area contributed by atoms with Crippen LogP contribution in [0.5, 0.6) is 5.75 Å². The van der Waals surface area contributed by atoms with E-state index in [9.17, 15) is 0 Å². The maximum Gasteiger partial charge on any atom is 0.119 e. The SMILES string of the molecule is CCCOc1ccc(C(C)N2CCC(C)C(CN)C2)cc1. The Labute approximate surface area is 129 Å². The van der Waals surface area contributed by atoms with Crippen LogP contribution in [-0.4, -0.2) is 31.1 Å². The average Bonchev–Trinajstić information content (AvgIpc) is 2.53. The van der Waals surface area contributed by atoms with Gasteiger partial charge >= 0.3 is 0 Å². The molecule has 0 spiro atoms. The third-order valence-corrected chi connectivity index (χ3v) is 4.83. The molecule has 0 aliphatic carbocycles. The molecule has 1 aliphatic heterocycles. The molecule has 2 rings (SSSR count). The monoisotopic (exact) mass is 290 g/mol. The number of likely N-dealkylation sites (tertiary alicyclic amines) is 1. The van der Waals surface area contributed by atoms with E-state index < -0.39 is 0 Å². The summed E-state index contributed by atoms with van der Waals surface area (Å²) in [7, 11) is 0. The van der Waals surface area contributed by atoms with Crippen molar-refractivity contribution in [3.05, 3.63) is 29.8 Å². The van der Waals surface area contributed by atoms with Crippen LogP contribution in [0.25, 0.3) is 0 Å². The molecule has 1 aliphatic rings. The summed E-state index contributed by atoms with van der Waals surface area (Å²) >= 11 is 0. The highest BCUT2D eigenvalue weighted by molar-refractivity contribution is 5.29. The number of benzene rings is 1. The van der Waals surface area contributed by atoms with Crippen molar-refractivity contribution in [2.45, 2.75) is 39.7 Å². The fraction of sp³-hybridized carbons (Fsp3) is 0.667. The minimum absolute atomic E-state index is 0.451. The Kier molecular flexibility index (Phi) is 6.07. The minimum atomic E-state index is 0.451.